The fraction of sp³-hybridized carbons (Fsp3) is 0.333. The smallest absolute Gasteiger partial charge is 0.160 e. The first kappa shape index (κ1) is 11.7. The van der Waals surface area contributed by atoms with Crippen molar-refractivity contribution in [1.82, 2.24) is 0 Å². The van der Waals surface area contributed by atoms with E-state index in [4.69, 9.17) is 46.4 Å². The van der Waals surface area contributed by atoms with E-state index < -0.39 is 9.84 Å². The van der Waals surface area contributed by atoms with Crippen LogP contribution >= 0.6 is 46.4 Å². The fourth-order valence-corrected chi connectivity index (χ4v) is 3.77. The van der Waals surface area contributed by atoms with Crippen LogP contribution in [-0.4, -0.2) is 19.9 Å². The third kappa shape index (κ3) is 2.77. The lowest BCUT2D eigenvalue weighted by molar-refractivity contribution is 0.601. The second-order valence-electron chi connectivity index (χ2n) is 2.47. The van der Waals surface area contributed by atoms with Gasteiger partial charge in [-0.2, -0.15) is 0 Å². The van der Waals surface area contributed by atoms with Crippen molar-refractivity contribution in [3.05, 3.63) is 20.1 Å². The number of sulfone groups is 1. The number of rotatable bonds is 0. The van der Waals surface area contributed by atoms with E-state index in [1.165, 1.54) is 0 Å². The van der Waals surface area contributed by atoms with Crippen molar-refractivity contribution in [3.63, 3.8) is 0 Å². The summed E-state index contributed by atoms with van der Waals surface area (Å²) in [5.74, 6) is -0.639. The highest BCUT2D eigenvalue weighted by atomic mass is 35.5. The van der Waals surface area contributed by atoms with Gasteiger partial charge >= 0.3 is 0 Å². The quantitative estimate of drug-likeness (QED) is 0.684. The molecule has 74 valence electrons. The second-order valence-corrected chi connectivity index (χ2v) is 6.20. The molecule has 0 aromatic heterocycles. The van der Waals surface area contributed by atoms with Crippen LogP contribution < -0.4 is 0 Å². The van der Waals surface area contributed by atoms with E-state index in [-0.39, 0.29) is 31.6 Å². The first-order valence-electron chi connectivity index (χ1n) is 3.12. The molecule has 7 heteroatoms. The standard InChI is InChI=1S/C6H4Cl4O2S/c7-3-1-13(11,12)2-4(8)6(10)5(3)9/h1-2H2. The van der Waals surface area contributed by atoms with E-state index in [0.29, 0.717) is 0 Å². The molecule has 0 N–H and O–H groups in total. The average Bonchev–Trinajstić information content (AvgIpc) is 2.03. The van der Waals surface area contributed by atoms with Crippen LogP contribution in [0, 0.1) is 0 Å². The predicted molar refractivity (Wildman–Crippen MR) is 56.1 cm³/mol. The van der Waals surface area contributed by atoms with E-state index in [0.717, 1.165) is 0 Å². The molecule has 0 aromatic carbocycles. The van der Waals surface area contributed by atoms with E-state index in [1.807, 2.05) is 0 Å². The van der Waals surface area contributed by atoms with Crippen molar-refractivity contribution in [2.24, 2.45) is 0 Å². The summed E-state index contributed by atoms with van der Waals surface area (Å²) in [5.41, 5.74) is 0. The number of hydrogen-bond donors (Lipinski definition) is 0. The zero-order chi connectivity index (χ0) is 10.2. The first-order chi connectivity index (χ1) is 5.83. The van der Waals surface area contributed by atoms with Crippen LogP contribution in [0.5, 0.6) is 0 Å². The Kier molecular flexibility index (Phi) is 3.58. The van der Waals surface area contributed by atoms with Crippen LogP contribution in [0.2, 0.25) is 0 Å². The summed E-state index contributed by atoms with van der Waals surface area (Å²) in [7, 11) is -3.33. The molecule has 2 nitrogen and oxygen atoms in total. The maximum absolute atomic E-state index is 11.2. The van der Waals surface area contributed by atoms with E-state index in [9.17, 15) is 8.42 Å². The highest BCUT2D eigenvalue weighted by molar-refractivity contribution is 7.91. The maximum atomic E-state index is 11.2. The molecule has 0 aromatic rings. The van der Waals surface area contributed by atoms with Crippen molar-refractivity contribution in [2.45, 2.75) is 0 Å². The van der Waals surface area contributed by atoms with Gasteiger partial charge in [0.05, 0.1) is 31.6 Å². The van der Waals surface area contributed by atoms with Gasteiger partial charge in [0.2, 0.25) is 0 Å². The Morgan fingerprint density at radius 2 is 1.15 bits per heavy atom. The van der Waals surface area contributed by atoms with Crippen LogP contribution in [0.25, 0.3) is 0 Å². The molecule has 1 aliphatic rings. The number of halogens is 4. The van der Waals surface area contributed by atoms with Gasteiger partial charge < -0.3 is 0 Å². The highest BCUT2D eigenvalue weighted by Crippen LogP contribution is 2.33. The summed E-state index contributed by atoms with van der Waals surface area (Å²) >= 11 is 22.5. The molecule has 0 atom stereocenters. The summed E-state index contributed by atoms with van der Waals surface area (Å²) in [6.07, 6.45) is 0. The van der Waals surface area contributed by atoms with Gasteiger partial charge in [0.25, 0.3) is 0 Å². The van der Waals surface area contributed by atoms with Gasteiger partial charge in [-0.15, -0.1) is 0 Å². The molecular weight excluding hydrogens is 278 g/mol. The molecule has 1 rings (SSSR count). The summed E-state index contributed by atoms with van der Waals surface area (Å²) in [5, 5.41) is 0.0217. The van der Waals surface area contributed by atoms with Crippen molar-refractivity contribution < 1.29 is 8.42 Å². The van der Waals surface area contributed by atoms with Crippen molar-refractivity contribution in [3.8, 4) is 0 Å². The average molecular weight is 282 g/mol. The topological polar surface area (TPSA) is 34.1 Å². The summed E-state index contributed by atoms with van der Waals surface area (Å²) in [4.78, 5) is 0. The molecule has 0 aliphatic carbocycles. The minimum Gasteiger partial charge on any atom is -0.228 e. The largest absolute Gasteiger partial charge is 0.228 e. The van der Waals surface area contributed by atoms with Crippen LogP contribution in [-0.2, 0) is 9.84 Å². The molecule has 0 bridgehead atoms. The highest BCUT2D eigenvalue weighted by Gasteiger charge is 2.24. The van der Waals surface area contributed by atoms with Crippen LogP contribution in [0.3, 0.4) is 0 Å². The Morgan fingerprint density at radius 3 is 1.46 bits per heavy atom. The molecule has 0 spiro atoms. The zero-order valence-corrected chi connectivity index (χ0v) is 9.99. The molecule has 0 radical (unpaired) electrons. The van der Waals surface area contributed by atoms with Gasteiger partial charge in [-0.1, -0.05) is 46.4 Å². The van der Waals surface area contributed by atoms with Gasteiger partial charge in [0, 0.05) is 0 Å². The Hall–Kier alpha value is 0.590. The molecule has 1 aliphatic heterocycles. The summed E-state index contributed by atoms with van der Waals surface area (Å²) < 4.78 is 22.5. The van der Waals surface area contributed by atoms with Crippen LogP contribution in [0.15, 0.2) is 20.1 Å². The van der Waals surface area contributed by atoms with Gasteiger partial charge in [-0.3, -0.25) is 0 Å². The molecular formula is C6H4Cl4O2S. The van der Waals surface area contributed by atoms with Crippen LogP contribution in [0.1, 0.15) is 0 Å². The van der Waals surface area contributed by atoms with Gasteiger partial charge in [-0.25, -0.2) is 8.42 Å². The zero-order valence-electron chi connectivity index (χ0n) is 6.15. The number of hydrogen-bond acceptors (Lipinski definition) is 2. The van der Waals surface area contributed by atoms with Gasteiger partial charge in [-0.05, 0) is 0 Å². The molecule has 0 fully saturated rings. The molecule has 0 amide bonds. The molecule has 1 heterocycles. The SMILES string of the molecule is O=S1(=O)CC(Cl)=C(Cl)C(Cl)=C(Cl)C1. The number of allylic oxidation sites excluding steroid dienone is 2. The molecule has 13 heavy (non-hydrogen) atoms. The lowest BCUT2D eigenvalue weighted by Gasteiger charge is -1.97. The first-order valence-corrected chi connectivity index (χ1v) is 6.46. The Bertz CT molecular complexity index is 361. The fourth-order valence-electron chi connectivity index (χ4n) is 0.802. The Morgan fingerprint density at radius 1 is 0.846 bits per heavy atom. The monoisotopic (exact) mass is 280 g/mol. The second kappa shape index (κ2) is 3.99. The van der Waals surface area contributed by atoms with E-state index in [1.54, 1.807) is 0 Å². The minimum atomic E-state index is -3.33. The minimum absolute atomic E-state index is 0.00215. The van der Waals surface area contributed by atoms with E-state index in [2.05, 4.69) is 0 Å². The van der Waals surface area contributed by atoms with Crippen molar-refractivity contribution >= 4 is 56.2 Å². The lowest BCUT2D eigenvalue weighted by Crippen LogP contribution is -2.09. The summed E-state index contributed by atoms with van der Waals surface area (Å²) in [6, 6.07) is 0. The summed E-state index contributed by atoms with van der Waals surface area (Å²) in [6.45, 7) is 0. The molecule has 0 unspecified atom stereocenters. The molecule has 0 saturated carbocycles. The lowest BCUT2D eigenvalue weighted by atomic mass is 10.4. The van der Waals surface area contributed by atoms with Crippen molar-refractivity contribution in [1.29, 1.82) is 0 Å². The van der Waals surface area contributed by atoms with Gasteiger partial charge in [0.15, 0.2) is 9.84 Å². The Balaban J connectivity index is 3.31. The van der Waals surface area contributed by atoms with Crippen molar-refractivity contribution in [2.75, 3.05) is 11.5 Å². The normalized spacial score (nSPS) is 23.4. The third-order valence-corrected chi connectivity index (χ3v) is 4.91. The maximum Gasteiger partial charge on any atom is 0.160 e. The third-order valence-electron chi connectivity index (χ3n) is 1.36. The predicted octanol–water partition coefficient (Wildman–Crippen LogP) is 2.79. The van der Waals surface area contributed by atoms with Crippen LogP contribution in [0.4, 0.5) is 0 Å². The Labute approximate surface area is 96.0 Å². The molecule has 0 saturated heterocycles. The van der Waals surface area contributed by atoms with Gasteiger partial charge in [0.1, 0.15) is 0 Å². The van der Waals surface area contributed by atoms with E-state index >= 15 is 0 Å².